The van der Waals surface area contributed by atoms with Crippen molar-refractivity contribution in [1.29, 1.82) is 0 Å². The predicted molar refractivity (Wildman–Crippen MR) is 88.8 cm³/mol. The van der Waals surface area contributed by atoms with Crippen molar-refractivity contribution in [2.45, 2.75) is 25.6 Å². The Hall–Kier alpha value is -2.83. The number of nitrogens with zero attached hydrogens (tertiary/aromatic N) is 1. The van der Waals surface area contributed by atoms with Crippen LogP contribution in [0.4, 0.5) is 18.9 Å². The number of anilines is 1. The third-order valence-electron chi connectivity index (χ3n) is 4.23. The summed E-state index contributed by atoms with van der Waals surface area (Å²) in [5, 5.41) is 0. The minimum absolute atomic E-state index is 0.0422. The Morgan fingerprint density at radius 3 is 2.38 bits per heavy atom. The molecule has 0 unspecified atom stereocenters. The summed E-state index contributed by atoms with van der Waals surface area (Å²) in [6.45, 7) is 1.95. The van der Waals surface area contributed by atoms with Gasteiger partial charge in [-0.2, -0.15) is 13.2 Å². The van der Waals surface area contributed by atoms with Crippen LogP contribution in [0.3, 0.4) is 0 Å². The van der Waals surface area contributed by atoms with Crippen molar-refractivity contribution in [2.75, 3.05) is 11.4 Å². The molecule has 0 radical (unpaired) electrons. The van der Waals surface area contributed by atoms with Gasteiger partial charge in [-0.05, 0) is 49.2 Å². The molecule has 7 heteroatoms. The highest BCUT2D eigenvalue weighted by atomic mass is 19.4. The second kappa shape index (κ2) is 6.82. The van der Waals surface area contributed by atoms with Gasteiger partial charge in [0.05, 0.1) is 11.1 Å². The van der Waals surface area contributed by atoms with Crippen LogP contribution in [0.25, 0.3) is 0 Å². The number of carbonyl (C=O) groups is 2. The molecule has 1 heterocycles. The highest BCUT2D eigenvalue weighted by molar-refractivity contribution is 6.00. The number of amides is 1. The zero-order valence-corrected chi connectivity index (χ0v) is 13.9. The molecule has 0 aliphatic carbocycles. The van der Waals surface area contributed by atoms with Crippen LogP contribution in [0, 0.1) is 0 Å². The summed E-state index contributed by atoms with van der Waals surface area (Å²) in [6.07, 6.45) is -4.80. The van der Waals surface area contributed by atoms with Crippen LogP contribution in [0.15, 0.2) is 48.5 Å². The molecule has 1 aliphatic heterocycles. The van der Waals surface area contributed by atoms with Crippen LogP contribution < -0.4 is 4.90 Å². The van der Waals surface area contributed by atoms with E-state index in [1.54, 1.807) is 4.90 Å². The number of ether oxygens (including phenoxy) is 1. The lowest BCUT2D eigenvalue weighted by Crippen LogP contribution is -2.39. The first-order valence-electron chi connectivity index (χ1n) is 8.05. The van der Waals surface area contributed by atoms with E-state index in [4.69, 9.17) is 4.74 Å². The first kappa shape index (κ1) is 18.0. The van der Waals surface area contributed by atoms with Gasteiger partial charge in [-0.15, -0.1) is 0 Å². The normalized spacial score (nSPS) is 14.7. The Bertz CT molecular complexity index is 831. The number of esters is 1. The lowest BCUT2D eigenvalue weighted by molar-refractivity contribution is -0.137. The third-order valence-corrected chi connectivity index (χ3v) is 4.23. The summed E-state index contributed by atoms with van der Waals surface area (Å²) >= 11 is 0. The zero-order chi connectivity index (χ0) is 18.9. The maximum atomic E-state index is 12.6. The highest BCUT2D eigenvalue weighted by Crippen LogP contribution is 2.30. The van der Waals surface area contributed by atoms with Crippen molar-refractivity contribution in [3.63, 3.8) is 0 Å². The largest absolute Gasteiger partial charge is 0.449 e. The molecule has 1 aliphatic rings. The molecule has 0 N–H and O–H groups in total. The molecule has 1 amide bonds. The first-order valence-corrected chi connectivity index (χ1v) is 8.05. The number of hydrogen-bond donors (Lipinski definition) is 0. The second-order valence-electron chi connectivity index (χ2n) is 5.99. The van der Waals surface area contributed by atoms with E-state index in [2.05, 4.69) is 0 Å². The number of benzene rings is 2. The number of carbonyl (C=O) groups excluding carboxylic acids is 2. The van der Waals surface area contributed by atoms with Gasteiger partial charge in [0.15, 0.2) is 6.10 Å². The molecule has 26 heavy (non-hydrogen) atoms. The predicted octanol–water partition coefficient (Wildman–Crippen LogP) is 3.84. The number of halogens is 3. The molecule has 3 rings (SSSR count). The molecule has 0 aromatic heterocycles. The summed E-state index contributed by atoms with van der Waals surface area (Å²) in [5.74, 6) is -1.21. The molecule has 2 aromatic carbocycles. The van der Waals surface area contributed by atoms with E-state index in [-0.39, 0.29) is 11.5 Å². The average Bonchev–Trinajstić information content (AvgIpc) is 3.04. The summed E-state index contributed by atoms with van der Waals surface area (Å²) in [6, 6.07) is 11.1. The van der Waals surface area contributed by atoms with Crippen molar-refractivity contribution < 1.29 is 27.5 Å². The van der Waals surface area contributed by atoms with Crippen molar-refractivity contribution >= 4 is 17.6 Å². The Balaban J connectivity index is 1.67. The maximum absolute atomic E-state index is 12.6. The maximum Gasteiger partial charge on any atom is 0.416 e. The van der Waals surface area contributed by atoms with Gasteiger partial charge < -0.3 is 9.64 Å². The van der Waals surface area contributed by atoms with Gasteiger partial charge >= 0.3 is 12.1 Å². The third kappa shape index (κ3) is 3.56. The molecule has 0 saturated heterocycles. The molecule has 4 nitrogen and oxygen atoms in total. The summed E-state index contributed by atoms with van der Waals surface area (Å²) in [7, 11) is 0. The van der Waals surface area contributed by atoms with E-state index in [0.717, 1.165) is 41.9 Å². The molecular formula is C19H16F3NO3. The molecule has 0 fully saturated rings. The Kier molecular flexibility index (Phi) is 4.71. The lowest BCUT2D eigenvalue weighted by Gasteiger charge is -2.21. The van der Waals surface area contributed by atoms with E-state index in [1.165, 1.54) is 6.92 Å². The number of hydrogen-bond acceptors (Lipinski definition) is 3. The molecule has 136 valence electrons. The van der Waals surface area contributed by atoms with Crippen molar-refractivity contribution in [2.24, 2.45) is 0 Å². The standard InChI is InChI=1S/C19H16F3NO3/c1-12(17(24)23-11-10-13-4-2-3-5-16(13)23)26-18(25)14-6-8-15(9-7-14)19(20,21)22/h2-9,12H,10-11H2,1H3/t12-/m0/s1. The Labute approximate surface area is 148 Å². The van der Waals surface area contributed by atoms with Crippen LogP contribution in [-0.2, 0) is 22.1 Å². The molecule has 1 atom stereocenters. The topological polar surface area (TPSA) is 46.6 Å². The molecular weight excluding hydrogens is 347 g/mol. The quantitative estimate of drug-likeness (QED) is 0.779. The zero-order valence-electron chi connectivity index (χ0n) is 13.9. The lowest BCUT2D eigenvalue weighted by atomic mass is 10.1. The van der Waals surface area contributed by atoms with Gasteiger partial charge in [0.2, 0.25) is 0 Å². The minimum Gasteiger partial charge on any atom is -0.449 e. The van der Waals surface area contributed by atoms with Gasteiger partial charge in [0.25, 0.3) is 5.91 Å². The van der Waals surface area contributed by atoms with E-state index >= 15 is 0 Å². The van der Waals surface area contributed by atoms with E-state index in [1.807, 2.05) is 24.3 Å². The fourth-order valence-corrected chi connectivity index (χ4v) is 2.86. The number of fused-ring (bicyclic) bond motifs is 1. The smallest absolute Gasteiger partial charge is 0.416 e. The second-order valence-corrected chi connectivity index (χ2v) is 5.99. The van der Waals surface area contributed by atoms with Crippen molar-refractivity contribution in [1.82, 2.24) is 0 Å². The molecule has 2 aromatic rings. The van der Waals surface area contributed by atoms with E-state index in [0.29, 0.717) is 6.54 Å². The van der Waals surface area contributed by atoms with Crippen LogP contribution >= 0.6 is 0 Å². The number of para-hydroxylation sites is 1. The van der Waals surface area contributed by atoms with Gasteiger partial charge in [0.1, 0.15) is 0 Å². The Morgan fingerprint density at radius 2 is 1.73 bits per heavy atom. The van der Waals surface area contributed by atoms with Crippen molar-refractivity contribution in [3.05, 3.63) is 65.2 Å². The Morgan fingerprint density at radius 1 is 1.08 bits per heavy atom. The monoisotopic (exact) mass is 363 g/mol. The van der Waals surface area contributed by atoms with Crippen LogP contribution in [0.1, 0.15) is 28.4 Å². The first-order chi connectivity index (χ1) is 12.3. The van der Waals surface area contributed by atoms with Gasteiger partial charge in [-0.3, -0.25) is 4.79 Å². The number of alkyl halides is 3. The van der Waals surface area contributed by atoms with Gasteiger partial charge in [0, 0.05) is 12.2 Å². The fraction of sp³-hybridized carbons (Fsp3) is 0.263. The average molecular weight is 363 g/mol. The summed E-state index contributed by atoms with van der Waals surface area (Å²) in [5.41, 5.74) is 0.934. The van der Waals surface area contributed by atoms with Crippen LogP contribution in [0.2, 0.25) is 0 Å². The number of rotatable bonds is 3. The fourth-order valence-electron chi connectivity index (χ4n) is 2.86. The SMILES string of the molecule is C[C@H](OC(=O)c1ccc(C(F)(F)F)cc1)C(=O)N1CCc2ccccc21. The summed E-state index contributed by atoms with van der Waals surface area (Å²) in [4.78, 5) is 26.2. The van der Waals surface area contributed by atoms with E-state index in [9.17, 15) is 22.8 Å². The van der Waals surface area contributed by atoms with E-state index < -0.39 is 23.8 Å². The highest BCUT2D eigenvalue weighted by Gasteiger charge is 2.32. The van der Waals surface area contributed by atoms with Crippen molar-refractivity contribution in [3.8, 4) is 0 Å². The molecule has 0 saturated carbocycles. The molecule has 0 bridgehead atoms. The molecule has 0 spiro atoms. The summed E-state index contributed by atoms with van der Waals surface area (Å²) < 4.78 is 42.8. The van der Waals surface area contributed by atoms with Gasteiger partial charge in [-0.25, -0.2) is 4.79 Å². The van der Waals surface area contributed by atoms with Crippen LogP contribution in [0.5, 0.6) is 0 Å². The van der Waals surface area contributed by atoms with Crippen LogP contribution in [-0.4, -0.2) is 24.5 Å². The van der Waals surface area contributed by atoms with Gasteiger partial charge in [-0.1, -0.05) is 18.2 Å². The minimum atomic E-state index is -4.48.